The molecule has 82 valence electrons. The minimum Gasteiger partial charge on any atom is -0.493 e. The molecule has 1 atom stereocenters. The summed E-state index contributed by atoms with van der Waals surface area (Å²) in [6, 6.07) is 4.59. The smallest absolute Gasteiger partial charge is 0.183 e. The summed E-state index contributed by atoms with van der Waals surface area (Å²) in [5.41, 5.74) is 5.99. The predicted octanol–water partition coefficient (Wildman–Crippen LogP) is 1.23. The minimum absolute atomic E-state index is 0.161. The first-order chi connectivity index (χ1) is 7.11. The highest BCUT2D eigenvalue weighted by Gasteiger charge is 2.18. The van der Waals surface area contributed by atoms with Crippen LogP contribution in [0.5, 0.6) is 11.5 Å². The third-order valence-corrected chi connectivity index (χ3v) is 2.08. The van der Waals surface area contributed by atoms with Crippen molar-refractivity contribution in [3.05, 3.63) is 23.8 Å². The Labute approximate surface area is 89.0 Å². The summed E-state index contributed by atoms with van der Waals surface area (Å²) in [4.78, 5) is 11.7. The van der Waals surface area contributed by atoms with E-state index < -0.39 is 6.04 Å². The third kappa shape index (κ3) is 2.27. The molecule has 15 heavy (non-hydrogen) atoms. The van der Waals surface area contributed by atoms with Gasteiger partial charge in [0, 0.05) is 0 Å². The van der Waals surface area contributed by atoms with Crippen LogP contribution in [0.4, 0.5) is 0 Å². The third-order valence-electron chi connectivity index (χ3n) is 2.08. The van der Waals surface area contributed by atoms with Gasteiger partial charge in [-0.2, -0.15) is 0 Å². The molecule has 1 rings (SSSR count). The van der Waals surface area contributed by atoms with E-state index in [-0.39, 0.29) is 5.78 Å². The molecule has 0 fully saturated rings. The molecule has 0 spiro atoms. The van der Waals surface area contributed by atoms with Gasteiger partial charge in [0.15, 0.2) is 17.3 Å². The van der Waals surface area contributed by atoms with E-state index in [1.165, 1.54) is 14.2 Å². The molecule has 4 heteroatoms. The molecule has 1 unspecified atom stereocenters. The number of ether oxygens (including phenoxy) is 2. The molecule has 0 aliphatic heterocycles. The predicted molar refractivity (Wildman–Crippen MR) is 57.5 cm³/mol. The molecular weight excluding hydrogens is 194 g/mol. The summed E-state index contributed by atoms with van der Waals surface area (Å²) in [6.07, 6.45) is 0. The largest absolute Gasteiger partial charge is 0.493 e. The lowest BCUT2D eigenvalue weighted by Crippen LogP contribution is -2.27. The zero-order chi connectivity index (χ0) is 11.4. The summed E-state index contributed by atoms with van der Waals surface area (Å²) in [6.45, 7) is 1.64. The van der Waals surface area contributed by atoms with Crippen LogP contribution < -0.4 is 15.2 Å². The summed E-state index contributed by atoms with van der Waals surface area (Å²) in [7, 11) is 3.02. The molecule has 0 amide bonds. The van der Waals surface area contributed by atoms with Crippen LogP contribution in [0.3, 0.4) is 0 Å². The van der Waals surface area contributed by atoms with Crippen molar-refractivity contribution in [1.82, 2.24) is 0 Å². The van der Waals surface area contributed by atoms with Gasteiger partial charge in [-0.05, 0) is 19.1 Å². The van der Waals surface area contributed by atoms with E-state index in [9.17, 15) is 4.79 Å². The number of nitrogens with two attached hydrogens (primary N) is 1. The van der Waals surface area contributed by atoms with E-state index in [2.05, 4.69) is 0 Å². The zero-order valence-electron chi connectivity index (χ0n) is 9.11. The van der Waals surface area contributed by atoms with Crippen LogP contribution in [-0.2, 0) is 0 Å². The molecule has 0 heterocycles. The van der Waals surface area contributed by atoms with Crippen LogP contribution >= 0.6 is 0 Å². The molecule has 1 aromatic carbocycles. The normalized spacial score (nSPS) is 12.0. The van der Waals surface area contributed by atoms with Crippen LogP contribution in [0.1, 0.15) is 17.3 Å². The summed E-state index contributed by atoms with van der Waals surface area (Å²) in [5, 5.41) is 0. The Morgan fingerprint density at radius 3 is 2.47 bits per heavy atom. The monoisotopic (exact) mass is 209 g/mol. The second-order valence-electron chi connectivity index (χ2n) is 3.19. The number of benzene rings is 1. The van der Waals surface area contributed by atoms with Gasteiger partial charge in [-0.15, -0.1) is 0 Å². The molecule has 1 aromatic rings. The van der Waals surface area contributed by atoms with Gasteiger partial charge >= 0.3 is 0 Å². The Morgan fingerprint density at radius 2 is 2.00 bits per heavy atom. The van der Waals surface area contributed by atoms with E-state index >= 15 is 0 Å². The van der Waals surface area contributed by atoms with E-state index in [0.717, 1.165) is 0 Å². The van der Waals surface area contributed by atoms with Gasteiger partial charge in [0.2, 0.25) is 0 Å². The fourth-order valence-electron chi connectivity index (χ4n) is 1.33. The topological polar surface area (TPSA) is 61.5 Å². The molecule has 0 aliphatic carbocycles. The minimum atomic E-state index is -0.550. The maximum Gasteiger partial charge on any atom is 0.183 e. The second-order valence-corrected chi connectivity index (χ2v) is 3.19. The second kappa shape index (κ2) is 4.79. The van der Waals surface area contributed by atoms with Crippen LogP contribution in [0, 0.1) is 0 Å². The highest BCUT2D eigenvalue weighted by atomic mass is 16.5. The van der Waals surface area contributed by atoms with Crippen molar-refractivity contribution in [2.45, 2.75) is 13.0 Å². The summed E-state index contributed by atoms with van der Waals surface area (Å²) < 4.78 is 10.2. The molecule has 2 N–H and O–H groups in total. The van der Waals surface area contributed by atoms with Crippen LogP contribution in [-0.4, -0.2) is 26.0 Å². The molecule has 0 aliphatic rings. The van der Waals surface area contributed by atoms with Gasteiger partial charge in [-0.3, -0.25) is 4.79 Å². The molecule has 0 saturated heterocycles. The number of carbonyl (C=O) groups excluding carboxylic acids is 1. The van der Waals surface area contributed by atoms with Crippen molar-refractivity contribution in [2.24, 2.45) is 5.73 Å². The SMILES string of the molecule is COc1cccc(C(=O)C(C)N)c1OC. The maximum atomic E-state index is 11.7. The lowest BCUT2D eigenvalue weighted by Gasteiger charge is -2.12. The number of ketones is 1. The van der Waals surface area contributed by atoms with Crippen LogP contribution in [0.25, 0.3) is 0 Å². The number of hydrogen-bond acceptors (Lipinski definition) is 4. The van der Waals surface area contributed by atoms with Crippen molar-refractivity contribution in [2.75, 3.05) is 14.2 Å². The van der Waals surface area contributed by atoms with Crippen molar-refractivity contribution in [3.63, 3.8) is 0 Å². The lowest BCUT2D eigenvalue weighted by molar-refractivity contribution is 0.0964. The fourth-order valence-corrected chi connectivity index (χ4v) is 1.33. The average molecular weight is 209 g/mol. The molecule has 4 nitrogen and oxygen atoms in total. The Balaban J connectivity index is 3.23. The number of hydrogen-bond donors (Lipinski definition) is 1. The Kier molecular flexibility index (Phi) is 3.68. The molecule has 0 bridgehead atoms. The van der Waals surface area contributed by atoms with E-state index in [4.69, 9.17) is 15.2 Å². The standard InChI is InChI=1S/C11H15NO3/c1-7(12)10(13)8-5-4-6-9(14-2)11(8)15-3/h4-7H,12H2,1-3H3. The van der Waals surface area contributed by atoms with E-state index in [1.807, 2.05) is 0 Å². The summed E-state index contributed by atoms with van der Waals surface area (Å²) >= 11 is 0. The first kappa shape index (κ1) is 11.5. The van der Waals surface area contributed by atoms with E-state index in [0.29, 0.717) is 17.1 Å². The molecule has 0 aromatic heterocycles. The first-order valence-corrected chi connectivity index (χ1v) is 4.62. The van der Waals surface area contributed by atoms with Crippen molar-refractivity contribution >= 4 is 5.78 Å². The van der Waals surface area contributed by atoms with Gasteiger partial charge in [0.05, 0.1) is 25.8 Å². The van der Waals surface area contributed by atoms with Crippen molar-refractivity contribution < 1.29 is 14.3 Å². The number of Topliss-reactive ketones (excluding diaryl/α,β-unsaturated/α-hetero) is 1. The van der Waals surface area contributed by atoms with Gasteiger partial charge < -0.3 is 15.2 Å². The molecular formula is C11H15NO3. The van der Waals surface area contributed by atoms with Crippen LogP contribution in [0.2, 0.25) is 0 Å². The Hall–Kier alpha value is -1.55. The van der Waals surface area contributed by atoms with Gasteiger partial charge in [0.25, 0.3) is 0 Å². The fraction of sp³-hybridized carbons (Fsp3) is 0.364. The average Bonchev–Trinajstić information content (AvgIpc) is 2.26. The van der Waals surface area contributed by atoms with E-state index in [1.54, 1.807) is 25.1 Å². The zero-order valence-corrected chi connectivity index (χ0v) is 9.11. The van der Waals surface area contributed by atoms with Crippen LogP contribution in [0.15, 0.2) is 18.2 Å². The summed E-state index contributed by atoms with van der Waals surface area (Å²) in [5.74, 6) is 0.803. The first-order valence-electron chi connectivity index (χ1n) is 4.62. The number of rotatable bonds is 4. The Morgan fingerprint density at radius 1 is 1.33 bits per heavy atom. The highest BCUT2D eigenvalue weighted by molar-refractivity contribution is 6.02. The van der Waals surface area contributed by atoms with Gasteiger partial charge in [-0.1, -0.05) is 6.07 Å². The molecule has 0 radical (unpaired) electrons. The number of para-hydroxylation sites is 1. The number of carbonyl (C=O) groups is 1. The Bertz CT molecular complexity index is 361. The lowest BCUT2D eigenvalue weighted by atomic mass is 10.0. The maximum absolute atomic E-state index is 11.7. The molecule has 0 saturated carbocycles. The van der Waals surface area contributed by atoms with Crippen molar-refractivity contribution in [3.8, 4) is 11.5 Å². The quantitative estimate of drug-likeness (QED) is 0.758. The van der Waals surface area contributed by atoms with Gasteiger partial charge in [0.1, 0.15) is 0 Å². The number of methoxy groups -OCH3 is 2. The highest BCUT2D eigenvalue weighted by Crippen LogP contribution is 2.31. The van der Waals surface area contributed by atoms with Crippen molar-refractivity contribution in [1.29, 1.82) is 0 Å². The van der Waals surface area contributed by atoms with Gasteiger partial charge in [-0.25, -0.2) is 0 Å².